The smallest absolute Gasteiger partial charge is 0.270 e. The lowest BCUT2D eigenvalue weighted by Gasteiger charge is -2.03. The number of pyridine rings is 1. The first-order chi connectivity index (χ1) is 11.1. The highest BCUT2D eigenvalue weighted by Gasteiger charge is 2.19. The lowest BCUT2D eigenvalue weighted by molar-refractivity contribution is -0.384. The highest BCUT2D eigenvalue weighted by molar-refractivity contribution is 7.21. The summed E-state index contributed by atoms with van der Waals surface area (Å²) >= 11 is 7.36. The van der Waals surface area contributed by atoms with Crippen LogP contribution in [0.2, 0.25) is 5.02 Å². The number of carbonyl (C=O) groups excluding carboxylic acids is 1. The zero-order valence-corrected chi connectivity index (χ0v) is 13.2. The molecule has 0 saturated heterocycles. The number of aromatic nitrogens is 1. The highest BCUT2D eigenvalue weighted by atomic mass is 35.5. The molecular formula is C15H10ClN3O3S. The minimum absolute atomic E-state index is 0.0316. The van der Waals surface area contributed by atoms with Gasteiger partial charge in [-0.05, 0) is 18.2 Å². The summed E-state index contributed by atoms with van der Waals surface area (Å²) in [4.78, 5) is 27.1. The second kappa shape index (κ2) is 6.31. The third kappa shape index (κ3) is 3.15. The summed E-state index contributed by atoms with van der Waals surface area (Å²) in [6, 6.07) is 9.77. The number of hydrogen-bond acceptors (Lipinski definition) is 5. The Bertz CT molecular complexity index is 896. The number of thiophene rings is 1. The van der Waals surface area contributed by atoms with Gasteiger partial charge in [0.25, 0.3) is 11.6 Å². The number of nitro groups is 1. The van der Waals surface area contributed by atoms with Crippen molar-refractivity contribution in [2.45, 2.75) is 6.54 Å². The van der Waals surface area contributed by atoms with Crippen molar-refractivity contribution in [1.29, 1.82) is 0 Å². The average molecular weight is 348 g/mol. The van der Waals surface area contributed by atoms with Gasteiger partial charge in [0, 0.05) is 28.4 Å². The van der Waals surface area contributed by atoms with Gasteiger partial charge in [-0.15, -0.1) is 11.3 Å². The molecule has 0 aliphatic heterocycles. The van der Waals surface area contributed by atoms with Crippen molar-refractivity contribution in [3.05, 3.63) is 68.3 Å². The van der Waals surface area contributed by atoms with Crippen LogP contribution in [-0.2, 0) is 6.54 Å². The van der Waals surface area contributed by atoms with Gasteiger partial charge in [-0.25, -0.2) is 0 Å². The molecule has 1 N–H and O–H groups in total. The van der Waals surface area contributed by atoms with Crippen LogP contribution in [0, 0.1) is 10.1 Å². The quantitative estimate of drug-likeness (QED) is 0.574. The number of carbonyl (C=O) groups is 1. The number of hydrogen-bond donors (Lipinski definition) is 1. The molecule has 0 bridgehead atoms. The Morgan fingerprint density at radius 1 is 1.35 bits per heavy atom. The van der Waals surface area contributed by atoms with Crippen LogP contribution in [0.25, 0.3) is 10.1 Å². The van der Waals surface area contributed by atoms with Crippen LogP contribution in [0.4, 0.5) is 5.69 Å². The van der Waals surface area contributed by atoms with Crippen LogP contribution in [0.1, 0.15) is 15.4 Å². The maximum atomic E-state index is 12.3. The molecule has 8 heteroatoms. The topological polar surface area (TPSA) is 85.1 Å². The first kappa shape index (κ1) is 15.4. The van der Waals surface area contributed by atoms with Crippen LogP contribution >= 0.6 is 22.9 Å². The average Bonchev–Trinajstić information content (AvgIpc) is 2.90. The van der Waals surface area contributed by atoms with E-state index in [1.165, 1.54) is 12.1 Å². The number of amides is 1. The fraction of sp³-hybridized carbons (Fsp3) is 0.0667. The van der Waals surface area contributed by atoms with Gasteiger partial charge in [-0.3, -0.25) is 19.9 Å². The molecule has 1 amide bonds. The van der Waals surface area contributed by atoms with Crippen molar-refractivity contribution in [2.24, 2.45) is 0 Å². The lowest BCUT2D eigenvalue weighted by atomic mass is 10.2. The molecule has 2 aromatic heterocycles. The van der Waals surface area contributed by atoms with Gasteiger partial charge in [0.15, 0.2) is 0 Å². The summed E-state index contributed by atoms with van der Waals surface area (Å²) in [6.45, 7) is 0.282. The minimum Gasteiger partial charge on any atom is -0.346 e. The minimum atomic E-state index is -0.478. The zero-order chi connectivity index (χ0) is 16.4. The zero-order valence-electron chi connectivity index (χ0n) is 11.7. The highest BCUT2D eigenvalue weighted by Crippen LogP contribution is 2.37. The summed E-state index contributed by atoms with van der Waals surface area (Å²) in [7, 11) is 0. The number of rotatable bonds is 4. The third-order valence-electron chi connectivity index (χ3n) is 3.19. The molecule has 0 saturated carbocycles. The molecule has 3 aromatic rings. The number of nitro benzene ring substituents is 1. The van der Waals surface area contributed by atoms with E-state index >= 15 is 0 Å². The van der Waals surface area contributed by atoms with E-state index in [0.717, 1.165) is 17.0 Å². The number of nitrogens with one attached hydrogen (secondary N) is 1. The Morgan fingerprint density at radius 3 is 2.87 bits per heavy atom. The predicted octanol–water partition coefficient (Wildman–Crippen LogP) is 3.79. The van der Waals surface area contributed by atoms with Crippen molar-refractivity contribution in [3.63, 3.8) is 0 Å². The second-order valence-corrected chi connectivity index (χ2v) is 6.12. The van der Waals surface area contributed by atoms with Gasteiger partial charge >= 0.3 is 0 Å². The number of fused-ring (bicyclic) bond motifs is 1. The van der Waals surface area contributed by atoms with Crippen LogP contribution in [0.5, 0.6) is 0 Å². The van der Waals surface area contributed by atoms with Crippen molar-refractivity contribution >= 4 is 44.6 Å². The molecule has 1 aromatic carbocycles. The van der Waals surface area contributed by atoms with Gasteiger partial charge in [-0.1, -0.05) is 17.7 Å². The van der Waals surface area contributed by atoms with Crippen molar-refractivity contribution in [1.82, 2.24) is 10.3 Å². The van der Waals surface area contributed by atoms with Gasteiger partial charge in [-0.2, -0.15) is 0 Å². The van der Waals surface area contributed by atoms with E-state index in [4.69, 9.17) is 11.6 Å². The Hall–Kier alpha value is -2.51. The number of halogens is 1. The summed E-state index contributed by atoms with van der Waals surface area (Å²) in [5.41, 5.74) is 0.699. The number of nitrogens with zero attached hydrogens (tertiary/aromatic N) is 2. The molecule has 0 unspecified atom stereocenters. The third-order valence-corrected chi connectivity index (χ3v) is 4.84. The monoisotopic (exact) mass is 347 g/mol. The molecule has 0 atom stereocenters. The van der Waals surface area contributed by atoms with Crippen LogP contribution in [0.3, 0.4) is 0 Å². The Labute approximate surface area is 139 Å². The van der Waals surface area contributed by atoms with Gasteiger partial charge < -0.3 is 5.32 Å². The second-order valence-electron chi connectivity index (χ2n) is 4.69. The van der Waals surface area contributed by atoms with Crippen LogP contribution < -0.4 is 5.32 Å². The summed E-state index contributed by atoms with van der Waals surface area (Å²) in [5.74, 6) is -0.329. The van der Waals surface area contributed by atoms with Gasteiger partial charge in [0.1, 0.15) is 4.88 Å². The summed E-state index contributed by atoms with van der Waals surface area (Å²) in [5, 5.41) is 14.5. The molecule has 0 spiro atoms. The Balaban J connectivity index is 1.85. The Morgan fingerprint density at radius 2 is 2.17 bits per heavy atom. The maximum Gasteiger partial charge on any atom is 0.270 e. The maximum absolute atomic E-state index is 12.3. The normalized spacial score (nSPS) is 10.7. The van der Waals surface area contributed by atoms with E-state index in [2.05, 4.69) is 10.3 Å². The van der Waals surface area contributed by atoms with Crippen LogP contribution in [0.15, 0.2) is 42.6 Å². The number of benzene rings is 1. The SMILES string of the molecule is O=C(NCc1ccccn1)c1sc2cc([N+](=O)[O-])ccc2c1Cl. The van der Waals surface area contributed by atoms with E-state index in [-0.39, 0.29) is 18.1 Å². The summed E-state index contributed by atoms with van der Waals surface area (Å²) < 4.78 is 0.604. The fourth-order valence-electron chi connectivity index (χ4n) is 2.07. The molecule has 0 aliphatic rings. The largest absolute Gasteiger partial charge is 0.346 e. The van der Waals surface area contributed by atoms with Crippen molar-refractivity contribution in [2.75, 3.05) is 0 Å². The summed E-state index contributed by atoms with van der Waals surface area (Å²) in [6.07, 6.45) is 1.65. The molecule has 0 fully saturated rings. The molecule has 2 heterocycles. The first-order valence-corrected chi connectivity index (χ1v) is 7.80. The molecular weight excluding hydrogens is 338 g/mol. The molecule has 23 heavy (non-hydrogen) atoms. The molecule has 0 aliphatic carbocycles. The van der Waals surface area contributed by atoms with Gasteiger partial charge in [0.2, 0.25) is 0 Å². The lowest BCUT2D eigenvalue weighted by Crippen LogP contribution is -2.22. The van der Waals surface area contributed by atoms with Crippen molar-refractivity contribution < 1.29 is 9.72 Å². The molecule has 6 nitrogen and oxygen atoms in total. The molecule has 0 radical (unpaired) electrons. The van der Waals surface area contributed by atoms with Crippen molar-refractivity contribution in [3.8, 4) is 0 Å². The fourth-order valence-corrected chi connectivity index (χ4v) is 3.53. The van der Waals surface area contributed by atoms with Crippen LogP contribution in [-0.4, -0.2) is 15.8 Å². The van der Waals surface area contributed by atoms with E-state index in [1.54, 1.807) is 24.4 Å². The van der Waals surface area contributed by atoms with E-state index in [9.17, 15) is 14.9 Å². The number of non-ortho nitro benzene ring substituents is 1. The first-order valence-electron chi connectivity index (χ1n) is 6.61. The van der Waals surface area contributed by atoms with Gasteiger partial charge in [0.05, 0.1) is 22.2 Å². The van der Waals surface area contributed by atoms with E-state index < -0.39 is 4.92 Å². The van der Waals surface area contributed by atoms with E-state index in [0.29, 0.717) is 20.0 Å². The standard InChI is InChI=1S/C15H10ClN3O3S/c16-13-11-5-4-10(19(21)22)7-12(11)23-14(13)15(20)18-8-9-3-1-2-6-17-9/h1-7H,8H2,(H,18,20). The predicted molar refractivity (Wildman–Crippen MR) is 88.9 cm³/mol. The molecule has 3 rings (SSSR count). The Kier molecular flexibility index (Phi) is 4.22. The van der Waals surface area contributed by atoms with E-state index in [1.807, 2.05) is 6.07 Å². The molecule has 116 valence electrons.